The van der Waals surface area contributed by atoms with Gasteiger partial charge in [-0.05, 0) is 13.3 Å². The predicted octanol–water partition coefficient (Wildman–Crippen LogP) is 2.64. The summed E-state index contributed by atoms with van der Waals surface area (Å²) in [4.78, 5) is 11.0. The molecule has 6 heteroatoms. The van der Waals surface area contributed by atoms with Crippen molar-refractivity contribution >= 4 is 23.4 Å². The first-order valence-corrected chi connectivity index (χ1v) is 8.07. The third kappa shape index (κ3) is 3.48. The van der Waals surface area contributed by atoms with Crippen LogP contribution in [0.15, 0.2) is 6.33 Å². The van der Waals surface area contributed by atoms with Crippen LogP contribution in [-0.2, 0) is 0 Å². The molecule has 1 aliphatic heterocycles. The summed E-state index contributed by atoms with van der Waals surface area (Å²) < 4.78 is 5.87. The molecule has 2 rings (SSSR count). The molecule has 1 aromatic rings. The van der Waals surface area contributed by atoms with Crippen LogP contribution in [-0.4, -0.2) is 47.2 Å². The Hall–Kier alpha value is -1.17. The van der Waals surface area contributed by atoms with E-state index < -0.39 is 0 Å². The molecule has 0 spiro atoms. The average molecular weight is 296 g/mol. The Bertz CT molecular complexity index is 453. The normalized spacial score (nSPS) is 18.5. The Morgan fingerprint density at radius 2 is 2.20 bits per heavy atom. The largest absolute Gasteiger partial charge is 0.490 e. The van der Waals surface area contributed by atoms with Crippen LogP contribution < -0.4 is 15.0 Å². The maximum absolute atomic E-state index is 5.54. The first-order valence-electron chi connectivity index (χ1n) is 7.09. The standard InChI is InChI=1S/C14H24N4OS/c1-5-15-12-11(19-4)13(17-10-16-12)18-7-6-14(2,3)20-9-8-18/h10H,5-9H2,1-4H3,(H,15,16,17). The van der Waals surface area contributed by atoms with E-state index in [4.69, 9.17) is 4.74 Å². The molecule has 1 aromatic heterocycles. The molecule has 0 radical (unpaired) electrons. The third-order valence-corrected chi connectivity index (χ3v) is 4.84. The van der Waals surface area contributed by atoms with E-state index in [1.165, 1.54) is 0 Å². The molecular formula is C14H24N4OS. The number of ether oxygens (including phenoxy) is 1. The molecule has 0 aliphatic carbocycles. The summed E-state index contributed by atoms with van der Waals surface area (Å²) in [5.74, 6) is 3.53. The summed E-state index contributed by atoms with van der Waals surface area (Å²) in [6.45, 7) is 9.47. The van der Waals surface area contributed by atoms with E-state index in [2.05, 4.69) is 34.0 Å². The van der Waals surface area contributed by atoms with Crippen molar-refractivity contribution in [1.82, 2.24) is 9.97 Å². The number of rotatable bonds is 4. The topological polar surface area (TPSA) is 50.3 Å². The second-order valence-corrected chi connectivity index (χ2v) is 7.26. The van der Waals surface area contributed by atoms with E-state index in [-0.39, 0.29) is 0 Å². The van der Waals surface area contributed by atoms with Crippen molar-refractivity contribution in [2.45, 2.75) is 31.9 Å². The minimum Gasteiger partial charge on any atom is -0.490 e. The second kappa shape index (κ2) is 6.52. The van der Waals surface area contributed by atoms with Gasteiger partial charge in [0.25, 0.3) is 0 Å². The molecule has 5 nitrogen and oxygen atoms in total. The van der Waals surface area contributed by atoms with E-state index in [9.17, 15) is 0 Å². The fourth-order valence-electron chi connectivity index (χ4n) is 2.30. The van der Waals surface area contributed by atoms with Gasteiger partial charge in [0, 0.05) is 30.1 Å². The van der Waals surface area contributed by atoms with E-state index >= 15 is 0 Å². The molecule has 1 aliphatic rings. The summed E-state index contributed by atoms with van der Waals surface area (Å²) in [7, 11) is 1.68. The zero-order chi connectivity index (χ0) is 14.6. The minimum atomic E-state index is 0.333. The molecule has 0 atom stereocenters. The van der Waals surface area contributed by atoms with Gasteiger partial charge in [0.2, 0.25) is 5.75 Å². The van der Waals surface area contributed by atoms with Crippen molar-refractivity contribution in [1.29, 1.82) is 0 Å². The summed E-state index contributed by atoms with van der Waals surface area (Å²) in [5, 5.41) is 3.23. The predicted molar refractivity (Wildman–Crippen MR) is 86.1 cm³/mol. The highest BCUT2D eigenvalue weighted by Gasteiger charge is 2.26. The highest BCUT2D eigenvalue weighted by molar-refractivity contribution is 8.00. The number of hydrogen-bond donors (Lipinski definition) is 1. The van der Waals surface area contributed by atoms with Crippen molar-refractivity contribution in [2.24, 2.45) is 0 Å². The maximum Gasteiger partial charge on any atom is 0.204 e. The number of aromatic nitrogens is 2. The van der Waals surface area contributed by atoms with Crippen LogP contribution in [0.5, 0.6) is 5.75 Å². The first-order chi connectivity index (χ1) is 9.57. The number of hydrogen-bond acceptors (Lipinski definition) is 6. The molecule has 0 saturated carbocycles. The SMILES string of the molecule is CCNc1ncnc(N2CCSC(C)(C)CC2)c1OC. The van der Waals surface area contributed by atoms with Crippen LogP contribution in [0.3, 0.4) is 0 Å². The van der Waals surface area contributed by atoms with Crippen LogP contribution in [0, 0.1) is 0 Å². The molecule has 1 N–H and O–H groups in total. The van der Waals surface area contributed by atoms with Gasteiger partial charge in [0.1, 0.15) is 6.33 Å². The van der Waals surface area contributed by atoms with Crippen LogP contribution in [0.4, 0.5) is 11.6 Å². The van der Waals surface area contributed by atoms with E-state index in [0.29, 0.717) is 4.75 Å². The Labute approximate surface area is 125 Å². The van der Waals surface area contributed by atoms with Crippen molar-refractivity contribution in [3.8, 4) is 5.75 Å². The fraction of sp³-hybridized carbons (Fsp3) is 0.714. The monoisotopic (exact) mass is 296 g/mol. The lowest BCUT2D eigenvalue weighted by atomic mass is 10.1. The highest BCUT2D eigenvalue weighted by Crippen LogP contribution is 2.36. The van der Waals surface area contributed by atoms with E-state index in [1.54, 1.807) is 13.4 Å². The van der Waals surface area contributed by atoms with Gasteiger partial charge in [0.15, 0.2) is 11.6 Å². The zero-order valence-corrected chi connectivity index (χ0v) is 13.6. The van der Waals surface area contributed by atoms with Crippen LogP contribution in [0.2, 0.25) is 0 Å². The molecule has 0 amide bonds. The lowest BCUT2D eigenvalue weighted by molar-refractivity contribution is 0.412. The van der Waals surface area contributed by atoms with Crippen LogP contribution in [0.25, 0.3) is 0 Å². The van der Waals surface area contributed by atoms with Gasteiger partial charge in [-0.25, -0.2) is 9.97 Å². The average Bonchev–Trinajstić information content (AvgIpc) is 2.60. The summed E-state index contributed by atoms with van der Waals surface area (Å²) in [6, 6.07) is 0. The smallest absolute Gasteiger partial charge is 0.204 e. The van der Waals surface area contributed by atoms with Crippen molar-refractivity contribution in [2.75, 3.05) is 42.7 Å². The van der Waals surface area contributed by atoms with Crippen molar-refractivity contribution in [3.05, 3.63) is 6.33 Å². The number of nitrogens with zero attached hydrogens (tertiary/aromatic N) is 3. The van der Waals surface area contributed by atoms with Gasteiger partial charge >= 0.3 is 0 Å². The molecule has 0 unspecified atom stereocenters. The molecule has 0 bridgehead atoms. The quantitative estimate of drug-likeness (QED) is 0.922. The Kier molecular flexibility index (Phi) is 4.96. The Balaban J connectivity index is 2.25. The van der Waals surface area contributed by atoms with Gasteiger partial charge in [-0.1, -0.05) is 13.8 Å². The van der Waals surface area contributed by atoms with Crippen LogP contribution in [0.1, 0.15) is 27.2 Å². The maximum atomic E-state index is 5.54. The summed E-state index contributed by atoms with van der Waals surface area (Å²) >= 11 is 2.03. The van der Waals surface area contributed by atoms with Gasteiger partial charge in [-0.3, -0.25) is 0 Å². The van der Waals surface area contributed by atoms with Gasteiger partial charge in [-0.2, -0.15) is 11.8 Å². The number of methoxy groups -OCH3 is 1. The van der Waals surface area contributed by atoms with E-state index in [0.717, 1.165) is 49.2 Å². The number of thioether (sulfide) groups is 1. The molecule has 1 fully saturated rings. The van der Waals surface area contributed by atoms with E-state index in [1.807, 2.05) is 18.7 Å². The zero-order valence-electron chi connectivity index (χ0n) is 12.8. The number of nitrogens with one attached hydrogen (secondary N) is 1. The molecule has 2 heterocycles. The lowest BCUT2D eigenvalue weighted by Crippen LogP contribution is -2.28. The molecule has 1 saturated heterocycles. The highest BCUT2D eigenvalue weighted by atomic mass is 32.2. The minimum absolute atomic E-state index is 0.333. The third-order valence-electron chi connectivity index (χ3n) is 3.47. The number of anilines is 2. The van der Waals surface area contributed by atoms with Gasteiger partial charge in [-0.15, -0.1) is 0 Å². The van der Waals surface area contributed by atoms with Gasteiger partial charge in [0.05, 0.1) is 7.11 Å². The summed E-state index contributed by atoms with van der Waals surface area (Å²) in [6.07, 6.45) is 2.75. The molecular weight excluding hydrogens is 272 g/mol. The second-order valence-electron chi connectivity index (χ2n) is 5.45. The first kappa shape index (κ1) is 15.2. The Morgan fingerprint density at radius 1 is 1.40 bits per heavy atom. The van der Waals surface area contributed by atoms with Gasteiger partial charge < -0.3 is 15.0 Å². The fourth-order valence-corrected chi connectivity index (χ4v) is 3.40. The molecule has 0 aromatic carbocycles. The molecule has 20 heavy (non-hydrogen) atoms. The van der Waals surface area contributed by atoms with Crippen LogP contribution >= 0.6 is 11.8 Å². The lowest BCUT2D eigenvalue weighted by Gasteiger charge is -2.25. The molecule has 112 valence electrons. The summed E-state index contributed by atoms with van der Waals surface area (Å²) in [5.41, 5.74) is 0. The van der Waals surface area contributed by atoms with Crippen molar-refractivity contribution in [3.63, 3.8) is 0 Å². The Morgan fingerprint density at radius 3 is 2.90 bits per heavy atom. The van der Waals surface area contributed by atoms with Crippen molar-refractivity contribution < 1.29 is 4.74 Å².